The zero-order valence-corrected chi connectivity index (χ0v) is 8.30. The van der Waals surface area contributed by atoms with E-state index in [1.54, 1.807) is 0 Å². The molecule has 0 amide bonds. The Morgan fingerprint density at radius 2 is 1.92 bits per heavy atom. The molecule has 0 heterocycles. The van der Waals surface area contributed by atoms with Crippen molar-refractivity contribution >= 4 is 23.8 Å². The summed E-state index contributed by atoms with van der Waals surface area (Å²) in [7, 11) is 0. The van der Waals surface area contributed by atoms with Crippen LogP contribution in [0.5, 0.6) is 0 Å². The average molecular weight is 193 g/mol. The summed E-state index contributed by atoms with van der Waals surface area (Å²) in [5.41, 5.74) is 2.36. The quantitative estimate of drug-likeness (QED) is 0.634. The molecular weight excluding hydrogens is 180 g/mol. The van der Waals surface area contributed by atoms with Gasteiger partial charge in [0.2, 0.25) is 0 Å². The van der Waals surface area contributed by atoms with E-state index in [0.717, 1.165) is 12.0 Å². The third-order valence-electron chi connectivity index (χ3n) is 1.79. The second kappa shape index (κ2) is 5.60. The van der Waals surface area contributed by atoms with Crippen molar-refractivity contribution in [3.05, 3.63) is 48.0 Å². The van der Waals surface area contributed by atoms with E-state index >= 15 is 0 Å². The molecule has 1 rings (SSSR count). The van der Waals surface area contributed by atoms with E-state index in [1.807, 2.05) is 24.3 Å². The predicted molar refractivity (Wildman–Crippen MR) is 60.9 cm³/mol. The number of alkyl halides is 1. The van der Waals surface area contributed by atoms with Crippen LogP contribution in [0.2, 0.25) is 0 Å². The van der Waals surface area contributed by atoms with Crippen LogP contribution < -0.4 is 0 Å². The summed E-state index contributed by atoms with van der Waals surface area (Å²) in [5, 5.41) is 0. The Hall–Kier alpha value is -1.01. The van der Waals surface area contributed by atoms with E-state index in [0.29, 0.717) is 5.88 Å². The zero-order chi connectivity index (χ0) is 9.52. The van der Waals surface area contributed by atoms with Crippen LogP contribution in [-0.2, 0) is 0 Å². The molecule has 0 spiro atoms. The van der Waals surface area contributed by atoms with Crippen LogP contribution in [0.25, 0.3) is 12.2 Å². The molecule has 0 nitrogen and oxygen atoms in total. The lowest BCUT2D eigenvalue weighted by molar-refractivity contribution is 1.24. The standard InChI is InChI=1S/C12H13Cl/c1-2-11-7-3-4-8-12(11)9-5-6-10-13/h2-5,7-9H,1,6,10H2. The van der Waals surface area contributed by atoms with Gasteiger partial charge < -0.3 is 0 Å². The Morgan fingerprint density at radius 1 is 1.23 bits per heavy atom. The molecule has 0 fully saturated rings. The van der Waals surface area contributed by atoms with E-state index in [-0.39, 0.29) is 0 Å². The van der Waals surface area contributed by atoms with E-state index in [4.69, 9.17) is 11.6 Å². The Labute approximate surface area is 84.5 Å². The molecule has 0 unspecified atom stereocenters. The maximum absolute atomic E-state index is 5.57. The highest BCUT2D eigenvalue weighted by Gasteiger charge is 1.91. The maximum Gasteiger partial charge on any atom is 0.0258 e. The van der Waals surface area contributed by atoms with Crippen LogP contribution in [0.1, 0.15) is 17.5 Å². The minimum atomic E-state index is 0.673. The van der Waals surface area contributed by atoms with E-state index in [1.165, 1.54) is 5.56 Å². The number of benzene rings is 1. The second-order valence-electron chi connectivity index (χ2n) is 2.71. The topological polar surface area (TPSA) is 0 Å². The molecule has 0 aliphatic carbocycles. The minimum Gasteiger partial charge on any atom is -0.126 e. The Bertz CT molecular complexity index is 300. The molecule has 0 N–H and O–H groups in total. The van der Waals surface area contributed by atoms with E-state index in [2.05, 4.69) is 24.8 Å². The molecule has 0 atom stereocenters. The van der Waals surface area contributed by atoms with Crippen molar-refractivity contribution in [1.82, 2.24) is 0 Å². The number of allylic oxidation sites excluding steroid dienone is 1. The van der Waals surface area contributed by atoms with Crippen LogP contribution >= 0.6 is 11.6 Å². The lowest BCUT2D eigenvalue weighted by Crippen LogP contribution is -1.78. The first kappa shape index (κ1) is 10.1. The smallest absolute Gasteiger partial charge is 0.0258 e. The highest BCUT2D eigenvalue weighted by molar-refractivity contribution is 6.17. The third kappa shape index (κ3) is 3.08. The molecule has 68 valence electrons. The molecule has 1 aromatic carbocycles. The third-order valence-corrected chi connectivity index (χ3v) is 2.01. The summed E-state index contributed by atoms with van der Waals surface area (Å²) in [5.74, 6) is 0.673. The van der Waals surface area contributed by atoms with Crippen molar-refractivity contribution in [2.24, 2.45) is 0 Å². The van der Waals surface area contributed by atoms with Crippen LogP contribution in [0.4, 0.5) is 0 Å². The van der Waals surface area contributed by atoms with E-state index < -0.39 is 0 Å². The first-order valence-electron chi connectivity index (χ1n) is 4.32. The predicted octanol–water partition coefficient (Wildman–Crippen LogP) is 3.97. The fourth-order valence-corrected chi connectivity index (χ4v) is 1.25. The van der Waals surface area contributed by atoms with Gasteiger partial charge in [0.1, 0.15) is 0 Å². The van der Waals surface area contributed by atoms with Gasteiger partial charge >= 0.3 is 0 Å². The highest BCUT2D eigenvalue weighted by atomic mass is 35.5. The Balaban J connectivity index is 2.80. The molecule has 1 aromatic rings. The van der Waals surface area contributed by atoms with Gasteiger partial charge in [0.25, 0.3) is 0 Å². The Morgan fingerprint density at radius 3 is 2.54 bits per heavy atom. The summed E-state index contributed by atoms with van der Waals surface area (Å²) in [4.78, 5) is 0. The van der Waals surface area contributed by atoms with Crippen molar-refractivity contribution in [2.45, 2.75) is 6.42 Å². The summed E-state index contributed by atoms with van der Waals surface area (Å²) in [6.45, 7) is 3.76. The fraction of sp³-hybridized carbons (Fsp3) is 0.167. The van der Waals surface area contributed by atoms with E-state index in [9.17, 15) is 0 Å². The average Bonchev–Trinajstić information content (AvgIpc) is 2.19. The number of rotatable bonds is 4. The second-order valence-corrected chi connectivity index (χ2v) is 3.09. The molecule has 0 aliphatic rings. The molecule has 0 bridgehead atoms. The minimum absolute atomic E-state index is 0.673. The van der Waals surface area contributed by atoms with Crippen LogP contribution in [-0.4, -0.2) is 5.88 Å². The number of halogens is 1. The largest absolute Gasteiger partial charge is 0.126 e. The maximum atomic E-state index is 5.57. The van der Waals surface area contributed by atoms with Gasteiger partial charge in [-0.05, 0) is 17.5 Å². The van der Waals surface area contributed by atoms with Gasteiger partial charge in [-0.15, -0.1) is 11.6 Å². The number of hydrogen-bond donors (Lipinski definition) is 0. The van der Waals surface area contributed by atoms with Gasteiger partial charge in [0.05, 0.1) is 0 Å². The summed E-state index contributed by atoms with van der Waals surface area (Å²) < 4.78 is 0. The molecule has 1 heteroatoms. The fourth-order valence-electron chi connectivity index (χ4n) is 1.12. The molecule has 0 saturated carbocycles. The van der Waals surface area contributed by atoms with Crippen molar-refractivity contribution < 1.29 is 0 Å². The van der Waals surface area contributed by atoms with Gasteiger partial charge in [0, 0.05) is 5.88 Å². The van der Waals surface area contributed by atoms with Crippen molar-refractivity contribution in [2.75, 3.05) is 5.88 Å². The van der Waals surface area contributed by atoms with Crippen molar-refractivity contribution in [1.29, 1.82) is 0 Å². The molecule has 0 aromatic heterocycles. The molecule has 0 aliphatic heterocycles. The van der Waals surface area contributed by atoms with Gasteiger partial charge in [-0.1, -0.05) is 49.1 Å². The molecule has 13 heavy (non-hydrogen) atoms. The molecule has 0 saturated heterocycles. The molecular formula is C12H13Cl. The van der Waals surface area contributed by atoms with Gasteiger partial charge in [0.15, 0.2) is 0 Å². The SMILES string of the molecule is C=Cc1ccccc1C=CCCCl. The summed E-state index contributed by atoms with van der Waals surface area (Å²) >= 11 is 5.57. The van der Waals surface area contributed by atoms with Gasteiger partial charge in [-0.2, -0.15) is 0 Å². The normalized spacial score (nSPS) is 10.5. The zero-order valence-electron chi connectivity index (χ0n) is 7.54. The highest BCUT2D eigenvalue weighted by Crippen LogP contribution is 2.11. The number of hydrogen-bond acceptors (Lipinski definition) is 0. The lowest BCUT2D eigenvalue weighted by atomic mass is 10.1. The summed E-state index contributed by atoms with van der Waals surface area (Å²) in [6, 6.07) is 8.15. The van der Waals surface area contributed by atoms with Crippen LogP contribution in [0, 0.1) is 0 Å². The first-order chi connectivity index (χ1) is 6.38. The summed E-state index contributed by atoms with van der Waals surface area (Å²) in [6.07, 6.45) is 6.93. The van der Waals surface area contributed by atoms with Crippen LogP contribution in [0.15, 0.2) is 36.9 Å². The van der Waals surface area contributed by atoms with Crippen molar-refractivity contribution in [3.8, 4) is 0 Å². The first-order valence-corrected chi connectivity index (χ1v) is 4.86. The monoisotopic (exact) mass is 192 g/mol. The van der Waals surface area contributed by atoms with Crippen LogP contribution in [0.3, 0.4) is 0 Å². The van der Waals surface area contributed by atoms with Gasteiger partial charge in [-0.25, -0.2) is 0 Å². The van der Waals surface area contributed by atoms with Crippen molar-refractivity contribution in [3.63, 3.8) is 0 Å². The lowest BCUT2D eigenvalue weighted by Gasteiger charge is -1.98. The Kier molecular flexibility index (Phi) is 4.34. The molecule has 0 radical (unpaired) electrons. The van der Waals surface area contributed by atoms with Gasteiger partial charge in [-0.3, -0.25) is 0 Å².